The maximum absolute atomic E-state index is 10.8. The maximum atomic E-state index is 10.8. The van der Waals surface area contributed by atoms with Crippen LogP contribution >= 0.6 is 0 Å². The van der Waals surface area contributed by atoms with Gasteiger partial charge in [-0.05, 0) is 71.7 Å². The minimum Gasteiger partial charge on any atom is -0.716 e. The molecule has 2 aromatic carbocycles. The maximum Gasteiger partial charge on any atom is 1.00 e. The Balaban J connectivity index is 0.00000648. The molecule has 10 heteroatoms. The van der Waals surface area contributed by atoms with Crippen molar-refractivity contribution in [3.8, 4) is 17.2 Å². The molecular weight excluding hydrogens is 520 g/mol. The zero-order valence-electron chi connectivity index (χ0n) is 23.6. The summed E-state index contributed by atoms with van der Waals surface area (Å²) in [6.07, 6.45) is 3.86. The van der Waals surface area contributed by atoms with Crippen LogP contribution in [0, 0.1) is 0 Å². The summed E-state index contributed by atoms with van der Waals surface area (Å²) in [5.74, 6) is 1.56. The predicted octanol–water partition coefficient (Wildman–Crippen LogP) is 4.47. The van der Waals surface area contributed by atoms with Crippen LogP contribution in [0.1, 0.15) is 52.7 Å². The predicted molar refractivity (Wildman–Crippen MR) is 148 cm³/mol. The van der Waals surface area contributed by atoms with Gasteiger partial charge in [0.25, 0.3) is 10.4 Å². The Hall–Kier alpha value is -1.08. The van der Waals surface area contributed by atoms with Gasteiger partial charge in [-0.1, -0.05) is 65.8 Å². The molecule has 2 rings (SSSR count). The molecule has 0 amide bonds. The van der Waals surface area contributed by atoms with E-state index in [0.717, 1.165) is 22.6 Å². The van der Waals surface area contributed by atoms with Gasteiger partial charge in [0.1, 0.15) is 17.2 Å². The summed E-state index contributed by atoms with van der Waals surface area (Å²) >= 11 is 0. The fourth-order valence-corrected chi connectivity index (χ4v) is 5.02. The second kappa shape index (κ2) is 11.8. The van der Waals surface area contributed by atoms with Gasteiger partial charge in [0.05, 0.1) is 0 Å². The van der Waals surface area contributed by atoms with Crippen molar-refractivity contribution < 1.29 is 55.6 Å². The van der Waals surface area contributed by atoms with Crippen LogP contribution in [0.3, 0.4) is 0 Å². The molecule has 0 bridgehead atoms. The first-order valence-electron chi connectivity index (χ1n) is 11.7. The SMILES string of the molecule is CC(C)(C)[Si](C)(C)Oc1cc(/C=C/c2ccc(OS(=O)(=O)[O-])cc2)cc(O[Si](C)(C)C(C)(C)C)c1.[Na+]. The molecule has 0 radical (unpaired) electrons. The van der Waals surface area contributed by atoms with Crippen LogP contribution in [0.25, 0.3) is 12.2 Å². The minimum atomic E-state index is -4.80. The molecule has 0 unspecified atom stereocenters. The third-order valence-electron chi connectivity index (χ3n) is 6.81. The van der Waals surface area contributed by atoms with Gasteiger partial charge in [0, 0.05) is 6.07 Å². The molecule has 0 N–H and O–H groups in total. The van der Waals surface area contributed by atoms with Gasteiger partial charge in [-0.3, -0.25) is 0 Å². The number of hydrogen-bond acceptors (Lipinski definition) is 6. The van der Waals surface area contributed by atoms with Crippen molar-refractivity contribution in [3.05, 3.63) is 53.6 Å². The average Bonchev–Trinajstić information content (AvgIpc) is 2.63. The molecule has 0 aliphatic carbocycles. The van der Waals surface area contributed by atoms with Gasteiger partial charge in [-0.25, -0.2) is 8.42 Å². The normalized spacial score (nSPS) is 13.3. The molecule has 6 nitrogen and oxygen atoms in total. The Bertz CT molecular complexity index is 1120. The number of benzene rings is 2. The van der Waals surface area contributed by atoms with Crippen LogP contribution in [-0.2, 0) is 10.4 Å². The first kappa shape index (κ1) is 33.0. The van der Waals surface area contributed by atoms with E-state index in [1.807, 2.05) is 30.4 Å². The first-order chi connectivity index (χ1) is 15.7. The van der Waals surface area contributed by atoms with Crippen molar-refractivity contribution in [2.45, 2.75) is 77.8 Å². The van der Waals surface area contributed by atoms with Crippen molar-refractivity contribution in [2.75, 3.05) is 0 Å². The monoisotopic (exact) mass is 558 g/mol. The summed E-state index contributed by atoms with van der Waals surface area (Å²) in [5, 5.41) is 0.112. The topological polar surface area (TPSA) is 84.9 Å². The first-order valence-corrected chi connectivity index (χ1v) is 18.8. The molecule has 36 heavy (non-hydrogen) atoms. The van der Waals surface area contributed by atoms with E-state index in [9.17, 15) is 13.0 Å². The molecule has 0 spiro atoms. The summed E-state index contributed by atoms with van der Waals surface area (Å²) in [4.78, 5) is 0. The van der Waals surface area contributed by atoms with Crippen LogP contribution in [0.4, 0.5) is 0 Å². The van der Waals surface area contributed by atoms with E-state index in [-0.39, 0.29) is 45.4 Å². The average molecular weight is 559 g/mol. The molecule has 0 atom stereocenters. The second-order valence-electron chi connectivity index (χ2n) is 11.9. The fourth-order valence-electron chi connectivity index (χ4n) is 2.65. The van der Waals surface area contributed by atoms with Crippen LogP contribution in [-0.4, -0.2) is 29.6 Å². The fraction of sp³-hybridized carbons (Fsp3) is 0.462. The standard InChI is InChI=1S/C26H40O6SSi2.Na/c1-25(2,3)34(7,8)31-23-17-21(18-24(19-23)32-35(9,10)26(4,5)6)12-11-20-13-15-22(16-14-20)30-33(27,28)29;/h11-19H,1-10H3,(H,27,28,29);/q;+1/p-1/b12-11+;. The molecule has 0 aromatic heterocycles. The summed E-state index contributed by atoms with van der Waals surface area (Å²) in [6.45, 7) is 22.1. The molecule has 0 fully saturated rings. The van der Waals surface area contributed by atoms with Gasteiger partial charge < -0.3 is 17.6 Å². The van der Waals surface area contributed by atoms with Gasteiger partial charge in [-0.15, -0.1) is 0 Å². The number of hydrogen-bond donors (Lipinski definition) is 0. The summed E-state index contributed by atoms with van der Waals surface area (Å²) in [6, 6.07) is 12.3. The van der Waals surface area contributed by atoms with E-state index in [0.29, 0.717) is 0 Å². The zero-order valence-corrected chi connectivity index (χ0v) is 28.4. The van der Waals surface area contributed by atoms with Crippen molar-refractivity contribution in [2.24, 2.45) is 0 Å². The van der Waals surface area contributed by atoms with Crippen LogP contribution in [0.15, 0.2) is 42.5 Å². The van der Waals surface area contributed by atoms with E-state index in [4.69, 9.17) is 8.85 Å². The van der Waals surface area contributed by atoms with Crippen molar-refractivity contribution in [1.29, 1.82) is 0 Å². The molecule has 0 saturated carbocycles. The van der Waals surface area contributed by atoms with E-state index in [1.54, 1.807) is 12.1 Å². The Morgan fingerprint density at radius 2 is 1.08 bits per heavy atom. The molecule has 0 saturated heterocycles. The van der Waals surface area contributed by atoms with E-state index >= 15 is 0 Å². The molecule has 194 valence electrons. The van der Waals surface area contributed by atoms with Crippen LogP contribution in [0.2, 0.25) is 36.3 Å². The Labute approximate surface area is 242 Å². The molecule has 0 aliphatic rings. The van der Waals surface area contributed by atoms with Crippen molar-refractivity contribution in [3.63, 3.8) is 0 Å². The van der Waals surface area contributed by atoms with Crippen LogP contribution < -0.4 is 42.6 Å². The van der Waals surface area contributed by atoms with E-state index < -0.39 is 27.0 Å². The minimum absolute atomic E-state index is 0. The third-order valence-corrected chi connectivity index (χ3v) is 15.9. The molecule has 2 aromatic rings. The molecular formula is C26H39NaO6SSi2. The largest absolute Gasteiger partial charge is 1.00 e. The quantitative estimate of drug-likeness (QED) is 0.206. The smallest absolute Gasteiger partial charge is 0.716 e. The van der Waals surface area contributed by atoms with Crippen molar-refractivity contribution in [1.82, 2.24) is 0 Å². The van der Waals surface area contributed by atoms with Gasteiger partial charge in [0.15, 0.2) is 0 Å². The zero-order chi connectivity index (χ0) is 26.9. The Morgan fingerprint density at radius 3 is 1.44 bits per heavy atom. The van der Waals surface area contributed by atoms with Gasteiger partial charge in [-0.2, -0.15) is 0 Å². The van der Waals surface area contributed by atoms with Gasteiger partial charge >= 0.3 is 29.6 Å². The third kappa shape index (κ3) is 9.66. The second-order valence-corrected chi connectivity index (χ2v) is 22.3. The Morgan fingerprint density at radius 1 is 0.694 bits per heavy atom. The summed E-state index contributed by atoms with van der Waals surface area (Å²) in [5.41, 5.74) is 1.75. The van der Waals surface area contributed by atoms with Crippen LogP contribution in [0.5, 0.6) is 17.2 Å². The Kier molecular flexibility index (Phi) is 10.8. The van der Waals surface area contributed by atoms with E-state index in [1.165, 1.54) is 12.1 Å². The summed E-state index contributed by atoms with van der Waals surface area (Å²) < 4.78 is 49.9. The van der Waals surface area contributed by atoms with Gasteiger partial charge in [0.2, 0.25) is 16.6 Å². The molecule has 0 aliphatic heterocycles. The number of rotatable bonds is 8. The summed E-state index contributed by atoms with van der Waals surface area (Å²) in [7, 11) is -8.91. The van der Waals surface area contributed by atoms with E-state index in [2.05, 4.69) is 71.9 Å². The molecule has 0 heterocycles. The van der Waals surface area contributed by atoms with Crippen molar-refractivity contribution >= 4 is 39.2 Å².